The first-order valence-electron chi connectivity index (χ1n) is 12.0. The van der Waals surface area contributed by atoms with Gasteiger partial charge < -0.3 is 5.11 Å². The molecule has 3 atom stereocenters. The lowest BCUT2D eigenvalue weighted by Gasteiger charge is -2.38. The number of hydrogen-bond acceptors (Lipinski definition) is 3. The van der Waals surface area contributed by atoms with Crippen molar-refractivity contribution in [1.29, 1.82) is 0 Å². The number of fused-ring (bicyclic) bond motifs is 2. The Morgan fingerprint density at radius 3 is 2.34 bits per heavy atom. The molecule has 3 unspecified atom stereocenters. The second kappa shape index (κ2) is 8.77. The largest absolute Gasteiger partial charge is 0.385 e. The van der Waals surface area contributed by atoms with Gasteiger partial charge in [-0.3, -0.25) is 14.7 Å². The second-order valence-corrected chi connectivity index (χ2v) is 9.28. The lowest BCUT2D eigenvalue weighted by atomic mass is 9.70. The summed E-state index contributed by atoms with van der Waals surface area (Å²) >= 11 is 0. The number of benzene rings is 3. The van der Waals surface area contributed by atoms with E-state index in [0.717, 1.165) is 28.1 Å². The van der Waals surface area contributed by atoms with Gasteiger partial charge in [-0.2, -0.15) is 0 Å². The number of aliphatic hydroxyl groups is 1. The smallest absolute Gasteiger partial charge is 0.242 e. The SMILES string of the molecule is O=C1N(c2ccc(-c3ccccc3)cc2)c2ccccc2C12CC[N]C(C(O)c1ccccn1)C2. The third-order valence-corrected chi connectivity index (χ3v) is 7.32. The van der Waals surface area contributed by atoms with Crippen molar-refractivity contribution >= 4 is 17.3 Å². The normalized spacial score (nSPS) is 22.3. The van der Waals surface area contributed by atoms with Crippen LogP contribution < -0.4 is 10.2 Å². The highest BCUT2D eigenvalue weighted by atomic mass is 16.3. The molecular weight excluding hydrogens is 434 g/mol. The lowest BCUT2D eigenvalue weighted by Crippen LogP contribution is -2.50. The molecule has 3 aromatic carbocycles. The minimum atomic E-state index is -0.840. The third-order valence-electron chi connectivity index (χ3n) is 7.32. The summed E-state index contributed by atoms with van der Waals surface area (Å²) in [5.74, 6) is 0.0549. The zero-order chi connectivity index (χ0) is 23.8. The van der Waals surface area contributed by atoms with Crippen LogP contribution in [-0.4, -0.2) is 28.6 Å². The molecule has 3 heterocycles. The average molecular weight is 461 g/mol. The number of amides is 1. The quantitative estimate of drug-likeness (QED) is 0.457. The van der Waals surface area contributed by atoms with E-state index in [9.17, 15) is 9.90 Å². The van der Waals surface area contributed by atoms with Gasteiger partial charge in [0.15, 0.2) is 0 Å². The number of anilines is 2. The number of piperidine rings is 1. The molecule has 1 spiro atoms. The molecule has 5 heteroatoms. The molecular formula is C30H26N3O2. The molecule has 173 valence electrons. The van der Waals surface area contributed by atoms with Crippen molar-refractivity contribution in [1.82, 2.24) is 10.3 Å². The van der Waals surface area contributed by atoms with Crippen molar-refractivity contribution in [2.45, 2.75) is 30.4 Å². The Bertz CT molecular complexity index is 1340. The summed E-state index contributed by atoms with van der Waals surface area (Å²) in [5, 5.41) is 15.8. The third kappa shape index (κ3) is 3.64. The van der Waals surface area contributed by atoms with Crippen LogP contribution in [0.1, 0.15) is 30.2 Å². The Labute approximate surface area is 205 Å². The van der Waals surface area contributed by atoms with Crippen molar-refractivity contribution < 1.29 is 9.90 Å². The Morgan fingerprint density at radius 2 is 1.57 bits per heavy atom. The Hall–Kier alpha value is -3.80. The van der Waals surface area contributed by atoms with Crippen LogP contribution in [0.5, 0.6) is 0 Å². The van der Waals surface area contributed by atoms with Crippen LogP contribution in [0.4, 0.5) is 11.4 Å². The number of aliphatic hydroxyl groups excluding tert-OH is 1. The maximum absolute atomic E-state index is 14.2. The number of rotatable bonds is 4. The zero-order valence-corrected chi connectivity index (χ0v) is 19.3. The fourth-order valence-corrected chi connectivity index (χ4v) is 5.55. The fourth-order valence-electron chi connectivity index (χ4n) is 5.55. The fraction of sp³-hybridized carbons (Fsp3) is 0.200. The van der Waals surface area contributed by atoms with Gasteiger partial charge >= 0.3 is 0 Å². The number of nitrogens with zero attached hydrogens (tertiary/aromatic N) is 3. The second-order valence-electron chi connectivity index (χ2n) is 9.28. The lowest BCUT2D eigenvalue weighted by molar-refractivity contribution is -0.124. The van der Waals surface area contributed by atoms with Crippen LogP contribution in [0.3, 0.4) is 0 Å². The molecule has 1 aromatic heterocycles. The number of hydrogen-bond donors (Lipinski definition) is 1. The first kappa shape index (κ1) is 21.7. The van der Waals surface area contributed by atoms with Crippen LogP contribution in [0.2, 0.25) is 0 Å². The molecule has 35 heavy (non-hydrogen) atoms. The summed E-state index contributed by atoms with van der Waals surface area (Å²) in [6.45, 7) is 0.523. The van der Waals surface area contributed by atoms with Crippen molar-refractivity contribution in [3.63, 3.8) is 0 Å². The van der Waals surface area contributed by atoms with Gasteiger partial charge in [0.25, 0.3) is 0 Å². The van der Waals surface area contributed by atoms with Gasteiger partial charge in [-0.25, -0.2) is 5.32 Å². The predicted molar refractivity (Wildman–Crippen MR) is 136 cm³/mol. The maximum Gasteiger partial charge on any atom is 0.242 e. The maximum atomic E-state index is 14.2. The van der Waals surface area contributed by atoms with E-state index in [2.05, 4.69) is 35.3 Å². The number of pyridine rings is 1. The molecule has 5 nitrogen and oxygen atoms in total. The van der Waals surface area contributed by atoms with Gasteiger partial charge in [-0.1, -0.05) is 66.7 Å². The van der Waals surface area contributed by atoms with Crippen molar-refractivity contribution in [2.75, 3.05) is 11.4 Å². The van der Waals surface area contributed by atoms with E-state index >= 15 is 0 Å². The number of carbonyl (C=O) groups excluding carboxylic acids is 1. The Kier molecular flexibility index (Phi) is 5.44. The van der Waals surface area contributed by atoms with Gasteiger partial charge in [0.1, 0.15) is 6.10 Å². The highest BCUT2D eigenvalue weighted by molar-refractivity contribution is 6.13. The summed E-state index contributed by atoms with van der Waals surface area (Å²) in [6, 6.07) is 31.5. The van der Waals surface area contributed by atoms with Crippen LogP contribution in [0, 0.1) is 0 Å². The van der Waals surface area contributed by atoms with Crippen LogP contribution in [0.25, 0.3) is 11.1 Å². The van der Waals surface area contributed by atoms with E-state index in [1.807, 2.05) is 71.6 Å². The molecule has 1 saturated heterocycles. The molecule has 0 bridgehead atoms. The average Bonchev–Trinajstić information content (AvgIpc) is 3.16. The van der Waals surface area contributed by atoms with Gasteiger partial charge in [-0.05, 0) is 59.9 Å². The summed E-state index contributed by atoms with van der Waals surface area (Å²) in [6.07, 6.45) is 1.92. The van der Waals surface area contributed by atoms with Crippen molar-refractivity contribution in [3.05, 3.63) is 115 Å². The molecule has 0 saturated carbocycles. The minimum Gasteiger partial charge on any atom is -0.385 e. The number of aromatic nitrogens is 1. The predicted octanol–water partition coefficient (Wildman–Crippen LogP) is 5.17. The molecule has 2 aliphatic heterocycles. The van der Waals surface area contributed by atoms with Gasteiger partial charge in [0, 0.05) is 18.4 Å². The molecule has 1 N–H and O–H groups in total. The summed E-state index contributed by atoms with van der Waals surface area (Å²) in [5.41, 5.74) is 4.91. The molecule has 4 aromatic rings. The first-order chi connectivity index (χ1) is 17.2. The molecule has 1 radical (unpaired) electrons. The van der Waals surface area contributed by atoms with E-state index in [1.165, 1.54) is 0 Å². The van der Waals surface area contributed by atoms with E-state index < -0.39 is 17.6 Å². The van der Waals surface area contributed by atoms with E-state index in [-0.39, 0.29) is 5.91 Å². The van der Waals surface area contributed by atoms with Gasteiger partial charge in [-0.15, -0.1) is 0 Å². The van der Waals surface area contributed by atoms with Crippen molar-refractivity contribution in [2.24, 2.45) is 0 Å². The van der Waals surface area contributed by atoms with Crippen molar-refractivity contribution in [3.8, 4) is 11.1 Å². The van der Waals surface area contributed by atoms with Crippen LogP contribution in [0.15, 0.2) is 103 Å². The topological polar surface area (TPSA) is 67.5 Å². The molecule has 6 rings (SSSR count). The molecule has 2 aliphatic rings. The standard InChI is InChI=1S/C30H26N3O2/c34-28(25-11-6-7-18-31-25)26-20-30(17-19-32-26)24-10-4-5-12-27(24)33(29(30)35)23-15-13-22(14-16-23)21-8-2-1-3-9-21/h1-16,18,26,28,34H,17,19-20H2. The van der Waals surface area contributed by atoms with E-state index in [0.29, 0.717) is 25.1 Å². The van der Waals surface area contributed by atoms with E-state index in [4.69, 9.17) is 5.32 Å². The first-order valence-corrected chi connectivity index (χ1v) is 12.0. The highest BCUT2D eigenvalue weighted by Crippen LogP contribution is 2.51. The molecule has 0 aliphatic carbocycles. The van der Waals surface area contributed by atoms with Crippen LogP contribution >= 0.6 is 0 Å². The summed E-state index contributed by atoms with van der Waals surface area (Å²) in [7, 11) is 0. The van der Waals surface area contributed by atoms with Gasteiger partial charge in [0.2, 0.25) is 5.91 Å². The minimum absolute atomic E-state index is 0.0549. The molecule has 1 amide bonds. The highest BCUT2D eigenvalue weighted by Gasteiger charge is 2.54. The Balaban J connectivity index is 1.35. The zero-order valence-electron chi connectivity index (χ0n) is 19.3. The van der Waals surface area contributed by atoms with Crippen LogP contribution in [-0.2, 0) is 10.2 Å². The molecule has 1 fully saturated rings. The monoisotopic (exact) mass is 460 g/mol. The Morgan fingerprint density at radius 1 is 0.857 bits per heavy atom. The summed E-state index contributed by atoms with van der Waals surface area (Å²) < 4.78 is 0. The number of para-hydroxylation sites is 1. The van der Waals surface area contributed by atoms with Gasteiger partial charge in [0.05, 0.1) is 22.8 Å². The summed E-state index contributed by atoms with van der Waals surface area (Å²) in [4.78, 5) is 20.4. The number of carbonyl (C=O) groups is 1. The van der Waals surface area contributed by atoms with E-state index in [1.54, 1.807) is 6.20 Å².